The topological polar surface area (TPSA) is 55.6 Å². The number of hydrogen-bond acceptors (Lipinski definition) is 4. The lowest BCUT2D eigenvalue weighted by Gasteiger charge is -2.17. The molecule has 0 amide bonds. The van der Waals surface area contributed by atoms with Crippen molar-refractivity contribution in [2.75, 3.05) is 6.54 Å². The van der Waals surface area contributed by atoms with Gasteiger partial charge >= 0.3 is 0 Å². The van der Waals surface area contributed by atoms with Crippen LogP contribution in [-0.4, -0.2) is 32.8 Å². The Hall–Kier alpha value is -1.27. The smallest absolute Gasteiger partial charge is 0.176 e. The number of tetrazole rings is 1. The number of aryl methyl sites for hydroxylation is 1. The van der Waals surface area contributed by atoms with Crippen molar-refractivity contribution in [2.45, 2.75) is 32.2 Å². The Morgan fingerprint density at radius 2 is 2.20 bits per heavy atom. The zero-order chi connectivity index (χ0) is 14.4. The molecule has 0 aliphatic rings. The molecule has 2 aromatic rings. The van der Waals surface area contributed by atoms with Crippen LogP contribution in [0.15, 0.2) is 28.7 Å². The molecule has 0 aliphatic carbocycles. The predicted octanol–water partition coefficient (Wildman–Crippen LogP) is 2.13. The molecular weight excluding hydrogens is 318 g/mol. The molecule has 0 fully saturated rings. The molecule has 1 heterocycles. The molecule has 2 rings (SSSR count). The minimum atomic E-state index is 0.327. The summed E-state index contributed by atoms with van der Waals surface area (Å²) in [4.78, 5) is 1.51. The molecule has 0 radical (unpaired) electrons. The summed E-state index contributed by atoms with van der Waals surface area (Å²) < 4.78 is 1.11. The summed E-state index contributed by atoms with van der Waals surface area (Å²) in [5, 5.41) is 15.8. The van der Waals surface area contributed by atoms with Gasteiger partial charge in [0.1, 0.15) is 0 Å². The Morgan fingerprint density at radius 3 is 2.85 bits per heavy atom. The molecule has 0 bridgehead atoms. The molecule has 6 heteroatoms. The van der Waals surface area contributed by atoms with Gasteiger partial charge in [0.2, 0.25) is 0 Å². The average Bonchev–Trinajstić information content (AvgIpc) is 2.81. The van der Waals surface area contributed by atoms with E-state index in [-0.39, 0.29) is 0 Å². The van der Waals surface area contributed by atoms with Gasteiger partial charge in [0, 0.05) is 16.9 Å². The van der Waals surface area contributed by atoms with E-state index in [2.05, 4.69) is 61.8 Å². The summed E-state index contributed by atoms with van der Waals surface area (Å²) in [6.45, 7) is 3.17. The second-order valence-corrected chi connectivity index (χ2v) is 5.80. The van der Waals surface area contributed by atoms with E-state index < -0.39 is 0 Å². The van der Waals surface area contributed by atoms with Crippen molar-refractivity contribution in [3.63, 3.8) is 0 Å². The molecular formula is C14H20BrN5. The van der Waals surface area contributed by atoms with Crippen LogP contribution in [0.5, 0.6) is 0 Å². The molecule has 0 saturated carbocycles. The minimum absolute atomic E-state index is 0.327. The highest BCUT2D eigenvalue weighted by molar-refractivity contribution is 9.10. The van der Waals surface area contributed by atoms with Crippen molar-refractivity contribution in [1.82, 2.24) is 25.5 Å². The maximum atomic E-state index is 4.26. The van der Waals surface area contributed by atoms with Crippen LogP contribution in [0.4, 0.5) is 0 Å². The van der Waals surface area contributed by atoms with Crippen molar-refractivity contribution in [2.24, 2.45) is 7.05 Å². The van der Waals surface area contributed by atoms with Crippen LogP contribution >= 0.6 is 15.9 Å². The van der Waals surface area contributed by atoms with Gasteiger partial charge in [-0.2, -0.15) is 4.80 Å². The standard InChI is InChI=1S/C14H20BrN5/c1-3-7-16-13(10-14-17-19-20(2)18-14)9-11-5-4-6-12(15)8-11/h4-6,8,13,16H,3,7,9-10H2,1-2H3. The van der Waals surface area contributed by atoms with E-state index in [1.54, 1.807) is 7.05 Å². The van der Waals surface area contributed by atoms with Gasteiger partial charge in [0.15, 0.2) is 5.82 Å². The van der Waals surface area contributed by atoms with Gasteiger partial charge in [-0.3, -0.25) is 0 Å². The van der Waals surface area contributed by atoms with Crippen molar-refractivity contribution >= 4 is 15.9 Å². The summed E-state index contributed by atoms with van der Waals surface area (Å²) in [6, 6.07) is 8.74. The van der Waals surface area contributed by atoms with Crippen molar-refractivity contribution < 1.29 is 0 Å². The first-order valence-electron chi connectivity index (χ1n) is 6.88. The fourth-order valence-electron chi connectivity index (χ4n) is 2.14. The third-order valence-corrected chi connectivity index (χ3v) is 3.53. The zero-order valence-corrected chi connectivity index (χ0v) is 13.5. The van der Waals surface area contributed by atoms with E-state index in [1.165, 1.54) is 10.4 Å². The Morgan fingerprint density at radius 1 is 1.35 bits per heavy atom. The molecule has 5 nitrogen and oxygen atoms in total. The summed E-state index contributed by atoms with van der Waals surface area (Å²) in [5.74, 6) is 0.788. The second-order valence-electron chi connectivity index (χ2n) is 4.88. The largest absolute Gasteiger partial charge is 0.313 e. The van der Waals surface area contributed by atoms with Gasteiger partial charge in [-0.15, -0.1) is 10.2 Å². The van der Waals surface area contributed by atoms with E-state index in [0.717, 1.165) is 36.1 Å². The lowest BCUT2D eigenvalue weighted by molar-refractivity contribution is 0.494. The molecule has 1 atom stereocenters. The lowest BCUT2D eigenvalue weighted by Crippen LogP contribution is -2.34. The predicted molar refractivity (Wildman–Crippen MR) is 82.4 cm³/mol. The number of aromatic nitrogens is 4. The van der Waals surface area contributed by atoms with Gasteiger partial charge in [0.25, 0.3) is 0 Å². The summed E-state index contributed by atoms with van der Waals surface area (Å²) >= 11 is 3.52. The first kappa shape index (κ1) is 15.1. The Balaban J connectivity index is 2.02. The normalized spacial score (nSPS) is 12.6. The molecule has 0 aliphatic heterocycles. The summed E-state index contributed by atoms with van der Waals surface area (Å²) in [6.07, 6.45) is 2.86. The highest BCUT2D eigenvalue weighted by Gasteiger charge is 2.13. The molecule has 20 heavy (non-hydrogen) atoms. The maximum absolute atomic E-state index is 4.26. The zero-order valence-electron chi connectivity index (χ0n) is 11.9. The highest BCUT2D eigenvalue weighted by Crippen LogP contribution is 2.14. The molecule has 0 saturated heterocycles. The van der Waals surface area contributed by atoms with Gasteiger partial charge in [-0.05, 0) is 42.3 Å². The van der Waals surface area contributed by atoms with Gasteiger partial charge < -0.3 is 5.32 Å². The fraction of sp³-hybridized carbons (Fsp3) is 0.500. The van der Waals surface area contributed by atoms with E-state index >= 15 is 0 Å². The number of rotatable bonds is 7. The Kier molecular flexibility index (Phi) is 5.67. The summed E-state index contributed by atoms with van der Waals surface area (Å²) in [5.41, 5.74) is 1.30. The lowest BCUT2D eigenvalue weighted by atomic mass is 10.0. The van der Waals surface area contributed by atoms with Crippen LogP contribution in [0.2, 0.25) is 0 Å². The maximum Gasteiger partial charge on any atom is 0.176 e. The highest BCUT2D eigenvalue weighted by atomic mass is 79.9. The van der Waals surface area contributed by atoms with Crippen LogP contribution in [0.1, 0.15) is 24.7 Å². The molecule has 0 spiro atoms. The van der Waals surface area contributed by atoms with Crippen LogP contribution in [-0.2, 0) is 19.9 Å². The van der Waals surface area contributed by atoms with Gasteiger partial charge in [0.05, 0.1) is 7.05 Å². The van der Waals surface area contributed by atoms with Crippen LogP contribution in [0, 0.1) is 0 Å². The van der Waals surface area contributed by atoms with Crippen LogP contribution in [0.25, 0.3) is 0 Å². The Bertz CT molecular complexity index is 540. The third kappa shape index (κ3) is 4.68. The number of nitrogens with one attached hydrogen (secondary N) is 1. The number of nitrogens with zero attached hydrogens (tertiary/aromatic N) is 4. The minimum Gasteiger partial charge on any atom is -0.313 e. The quantitative estimate of drug-likeness (QED) is 0.840. The van der Waals surface area contributed by atoms with Crippen LogP contribution < -0.4 is 5.32 Å². The molecule has 1 N–H and O–H groups in total. The fourth-order valence-corrected chi connectivity index (χ4v) is 2.59. The number of benzene rings is 1. The molecule has 1 aromatic carbocycles. The van der Waals surface area contributed by atoms with E-state index in [9.17, 15) is 0 Å². The van der Waals surface area contributed by atoms with Crippen molar-refractivity contribution in [3.05, 3.63) is 40.1 Å². The third-order valence-electron chi connectivity index (χ3n) is 3.03. The van der Waals surface area contributed by atoms with E-state index in [0.29, 0.717) is 6.04 Å². The SMILES string of the molecule is CCCNC(Cc1cccc(Br)c1)Cc1nnn(C)n1. The van der Waals surface area contributed by atoms with Gasteiger partial charge in [-0.1, -0.05) is 35.0 Å². The average molecular weight is 338 g/mol. The van der Waals surface area contributed by atoms with E-state index in [4.69, 9.17) is 0 Å². The molecule has 108 valence electrons. The van der Waals surface area contributed by atoms with E-state index in [1.807, 2.05) is 6.07 Å². The molecule has 1 unspecified atom stereocenters. The Labute approximate surface area is 127 Å². The second kappa shape index (κ2) is 7.50. The van der Waals surface area contributed by atoms with Gasteiger partial charge in [-0.25, -0.2) is 0 Å². The summed E-state index contributed by atoms with van der Waals surface area (Å²) in [7, 11) is 1.79. The monoisotopic (exact) mass is 337 g/mol. The van der Waals surface area contributed by atoms with Crippen molar-refractivity contribution in [1.29, 1.82) is 0 Å². The molecule has 1 aromatic heterocycles. The first-order valence-corrected chi connectivity index (χ1v) is 7.67. The number of halogens is 1. The van der Waals surface area contributed by atoms with Crippen molar-refractivity contribution in [3.8, 4) is 0 Å². The van der Waals surface area contributed by atoms with Crippen LogP contribution in [0.3, 0.4) is 0 Å². The number of hydrogen-bond donors (Lipinski definition) is 1. The first-order chi connectivity index (χ1) is 9.67.